The summed E-state index contributed by atoms with van der Waals surface area (Å²) < 4.78 is 57.7. The van der Waals surface area contributed by atoms with E-state index < -0.39 is 17.5 Å². The van der Waals surface area contributed by atoms with E-state index in [4.69, 9.17) is 14.2 Å². The van der Waals surface area contributed by atoms with Crippen LogP contribution in [0.3, 0.4) is 0 Å². The minimum absolute atomic E-state index is 0.0762. The Bertz CT molecular complexity index is 1850. The van der Waals surface area contributed by atoms with Crippen LogP contribution in [0.5, 0.6) is 23.0 Å². The normalized spacial score (nSPS) is 11.4. The number of nitrogens with zero attached hydrogens (tertiary/aromatic N) is 2. The zero-order valence-electron chi connectivity index (χ0n) is 29.3. The fourth-order valence-electron chi connectivity index (χ4n) is 5.92. The van der Waals surface area contributed by atoms with Crippen LogP contribution >= 0.6 is 0 Å². The van der Waals surface area contributed by atoms with Crippen LogP contribution in [0.1, 0.15) is 34.6 Å². The molecule has 0 unspecified atom stereocenters. The molecule has 2 N–H and O–H groups in total. The smallest absolute Gasteiger partial charge is 0.419 e. The molecule has 0 saturated carbocycles. The minimum Gasteiger partial charge on any atom is -0.507 e. The topological polar surface area (TPSA) is 83.5 Å². The Kier molecular flexibility index (Phi) is 12.6. The first-order valence-corrected chi connectivity index (χ1v) is 16.8. The van der Waals surface area contributed by atoms with Gasteiger partial charge in [-0.3, -0.25) is 9.80 Å². The van der Waals surface area contributed by atoms with Gasteiger partial charge in [0.15, 0.2) is 0 Å². The van der Waals surface area contributed by atoms with Crippen molar-refractivity contribution in [2.45, 2.75) is 25.1 Å². The van der Waals surface area contributed by atoms with E-state index in [9.17, 15) is 23.1 Å². The van der Waals surface area contributed by atoms with E-state index in [1.54, 1.807) is 49.5 Å². The maximum Gasteiger partial charge on any atom is 0.419 e. The molecule has 52 heavy (non-hydrogen) atoms. The number of hydrogen-bond acceptors (Lipinski definition) is 6. The summed E-state index contributed by atoms with van der Waals surface area (Å²) in [6.45, 7) is 1.35. The lowest BCUT2D eigenvalue weighted by Gasteiger charge is -2.29. The number of urea groups is 1. The average Bonchev–Trinajstić information content (AvgIpc) is 3.15. The molecule has 0 aliphatic carbocycles. The summed E-state index contributed by atoms with van der Waals surface area (Å²) in [4.78, 5) is 16.6. The second-order valence-electron chi connectivity index (χ2n) is 12.2. The molecule has 5 aromatic carbocycles. The molecule has 0 radical (unpaired) electrons. The number of rotatable bonds is 15. The number of hydrogen-bond donors (Lipinski definition) is 2. The predicted octanol–water partition coefficient (Wildman–Crippen LogP) is 9.20. The van der Waals surface area contributed by atoms with Gasteiger partial charge in [0.2, 0.25) is 0 Å². The van der Waals surface area contributed by atoms with Crippen molar-refractivity contribution in [3.8, 4) is 23.0 Å². The van der Waals surface area contributed by atoms with Gasteiger partial charge in [0, 0.05) is 73.8 Å². The number of carbonyl (C=O) groups excluding carboxylic acids is 1. The van der Waals surface area contributed by atoms with E-state index in [1.165, 1.54) is 31.3 Å². The summed E-state index contributed by atoms with van der Waals surface area (Å²) in [6.07, 6.45) is -4.14. The number of carbonyl (C=O) groups is 1. The lowest BCUT2D eigenvalue weighted by molar-refractivity contribution is -0.138. The summed E-state index contributed by atoms with van der Waals surface area (Å²) in [7, 11) is 4.70. The number of para-hydroxylation sites is 1. The van der Waals surface area contributed by atoms with E-state index in [2.05, 4.69) is 5.32 Å². The Morgan fingerprint density at radius 2 is 1.40 bits per heavy atom. The highest BCUT2D eigenvalue weighted by Gasteiger charge is 2.35. The van der Waals surface area contributed by atoms with Gasteiger partial charge < -0.3 is 24.6 Å². The largest absolute Gasteiger partial charge is 0.507 e. The zero-order valence-corrected chi connectivity index (χ0v) is 29.3. The van der Waals surface area contributed by atoms with Crippen molar-refractivity contribution in [3.05, 3.63) is 144 Å². The number of alkyl halides is 3. The molecule has 8 nitrogen and oxygen atoms in total. The fraction of sp³-hybridized carbons (Fsp3) is 0.244. The third kappa shape index (κ3) is 9.97. The van der Waals surface area contributed by atoms with Crippen molar-refractivity contribution in [2.24, 2.45) is 0 Å². The van der Waals surface area contributed by atoms with Crippen LogP contribution in [-0.4, -0.2) is 57.0 Å². The second kappa shape index (κ2) is 17.5. The predicted molar refractivity (Wildman–Crippen MR) is 197 cm³/mol. The molecular weight excluding hydrogens is 671 g/mol. The molecule has 0 aliphatic rings. The molecule has 0 aromatic heterocycles. The van der Waals surface area contributed by atoms with Crippen molar-refractivity contribution in [3.63, 3.8) is 0 Å². The van der Waals surface area contributed by atoms with Gasteiger partial charge in [-0.25, -0.2) is 4.79 Å². The molecule has 0 atom stereocenters. The molecule has 5 aromatic rings. The number of benzene rings is 5. The van der Waals surface area contributed by atoms with Crippen LogP contribution in [0.15, 0.2) is 121 Å². The number of ether oxygens (including phenoxy) is 3. The van der Waals surface area contributed by atoms with Gasteiger partial charge in [-0.15, -0.1) is 0 Å². The number of anilines is 2. The monoisotopic (exact) mass is 713 g/mol. The highest BCUT2D eigenvalue weighted by atomic mass is 19.4. The summed E-state index contributed by atoms with van der Waals surface area (Å²) in [5, 5.41) is 13.5. The number of amides is 2. The lowest BCUT2D eigenvalue weighted by atomic mass is 9.90. The Labute approximate surface area is 302 Å². The average molecular weight is 714 g/mol. The van der Waals surface area contributed by atoms with Crippen molar-refractivity contribution < 1.29 is 37.3 Å². The summed E-state index contributed by atoms with van der Waals surface area (Å²) in [6, 6.07) is 35.5. The molecule has 0 spiro atoms. The minimum atomic E-state index is -4.68. The summed E-state index contributed by atoms with van der Waals surface area (Å²) in [5.41, 5.74) is 2.37. The number of methoxy groups -OCH3 is 2. The molecule has 0 aliphatic heterocycles. The zero-order chi connectivity index (χ0) is 37.1. The quantitative estimate of drug-likeness (QED) is 0.105. The van der Waals surface area contributed by atoms with Gasteiger partial charge in [0.25, 0.3) is 0 Å². The Morgan fingerprint density at radius 3 is 2.00 bits per heavy atom. The molecule has 0 heterocycles. The van der Waals surface area contributed by atoms with E-state index >= 15 is 0 Å². The highest BCUT2D eigenvalue weighted by molar-refractivity contribution is 6.01. The number of phenolic OH excluding ortho intramolecular Hbond substituents is 1. The maximum atomic E-state index is 13.7. The molecule has 0 bridgehead atoms. The summed E-state index contributed by atoms with van der Waals surface area (Å²) in [5.74, 6) is 0.784. The van der Waals surface area contributed by atoms with Crippen molar-refractivity contribution in [1.82, 2.24) is 4.90 Å². The number of nitrogens with one attached hydrogen (secondary N) is 1. The van der Waals surface area contributed by atoms with Gasteiger partial charge in [-0.05, 0) is 35.7 Å². The Balaban J connectivity index is 1.28. The van der Waals surface area contributed by atoms with Gasteiger partial charge in [0.05, 0.1) is 26.4 Å². The third-order valence-electron chi connectivity index (χ3n) is 8.66. The van der Waals surface area contributed by atoms with E-state index in [-0.39, 0.29) is 24.1 Å². The first-order chi connectivity index (χ1) is 25.0. The van der Waals surface area contributed by atoms with Gasteiger partial charge in [-0.1, -0.05) is 78.9 Å². The van der Waals surface area contributed by atoms with Crippen LogP contribution in [0, 0.1) is 0 Å². The molecule has 272 valence electrons. The lowest BCUT2D eigenvalue weighted by Crippen LogP contribution is -2.31. The SMILES string of the molecule is COc1cc(NC(=O)N(C)c2cccc(OCCCN(Cc3cccc(C(F)(F)F)c3O)CC(c3ccccc3)c3ccccc3)c2)cc(OC)c1. The Hall–Kier alpha value is -5.68. The molecule has 11 heteroatoms. The Morgan fingerprint density at radius 1 is 0.788 bits per heavy atom. The van der Waals surface area contributed by atoms with Crippen LogP contribution in [0.4, 0.5) is 29.3 Å². The number of phenols is 1. The van der Waals surface area contributed by atoms with Crippen molar-refractivity contribution in [1.29, 1.82) is 0 Å². The van der Waals surface area contributed by atoms with Crippen LogP contribution in [0.25, 0.3) is 0 Å². The fourth-order valence-corrected chi connectivity index (χ4v) is 5.92. The van der Waals surface area contributed by atoms with Gasteiger partial charge >= 0.3 is 12.2 Å². The van der Waals surface area contributed by atoms with E-state index in [0.717, 1.165) is 17.2 Å². The number of halogens is 3. The van der Waals surface area contributed by atoms with Crippen LogP contribution in [0.2, 0.25) is 0 Å². The molecule has 0 fully saturated rings. The standard InChI is InChI=1S/C41H42F3N3O5/c1-46(40(49)45-32-23-35(50-2)26-36(24-32)51-3)33-18-11-19-34(25-33)52-22-12-21-47(27-31-17-10-20-38(39(31)48)41(42,43)44)28-37(29-13-6-4-7-14-29)30-15-8-5-9-16-30/h4-11,13-20,23-26,37,48H,12,21-22,27-28H2,1-3H3,(H,45,49). The van der Waals surface area contributed by atoms with Gasteiger partial charge in [-0.2, -0.15) is 13.2 Å². The second-order valence-corrected chi connectivity index (χ2v) is 12.2. The third-order valence-corrected chi connectivity index (χ3v) is 8.66. The molecule has 2 amide bonds. The molecule has 5 rings (SSSR count). The molecular formula is C41H42F3N3O5. The first kappa shape index (κ1) is 37.6. The van der Waals surface area contributed by atoms with E-state index in [0.29, 0.717) is 54.7 Å². The van der Waals surface area contributed by atoms with Crippen molar-refractivity contribution in [2.75, 3.05) is 51.2 Å². The number of aromatic hydroxyl groups is 1. The maximum absolute atomic E-state index is 13.7. The summed E-state index contributed by atoms with van der Waals surface area (Å²) >= 11 is 0. The van der Waals surface area contributed by atoms with E-state index in [1.807, 2.05) is 65.6 Å². The molecule has 0 saturated heterocycles. The van der Waals surface area contributed by atoms with Crippen LogP contribution < -0.4 is 24.4 Å². The van der Waals surface area contributed by atoms with Gasteiger partial charge in [0.1, 0.15) is 23.0 Å². The highest BCUT2D eigenvalue weighted by Crippen LogP contribution is 2.38. The van der Waals surface area contributed by atoms with Crippen LogP contribution in [-0.2, 0) is 12.7 Å². The first-order valence-electron chi connectivity index (χ1n) is 16.8. The van der Waals surface area contributed by atoms with Crippen molar-refractivity contribution >= 4 is 17.4 Å².